The highest BCUT2D eigenvalue weighted by Crippen LogP contribution is 2.31. The molecule has 0 unspecified atom stereocenters. The molecule has 6 aromatic carbocycles. The number of nitrogens with zero attached hydrogens (tertiary/aromatic N) is 21. The third kappa shape index (κ3) is 31.2. The Bertz CT molecular complexity index is 7540. The number of urea groups is 1. The number of Topliss-reactive ketones (excluding diaryl/α,β-unsaturated/α-hetero) is 1. The van der Waals surface area contributed by atoms with Crippen LogP contribution in [-0.2, 0) is 97.6 Å². The van der Waals surface area contributed by atoms with E-state index in [-0.39, 0.29) is 96.9 Å². The van der Waals surface area contributed by atoms with Gasteiger partial charge in [-0.15, -0.1) is 0 Å². The molecule has 18 rings (SSSR count). The lowest BCUT2D eigenvalue weighted by Gasteiger charge is -2.21. The molecule has 0 bridgehead atoms. The second-order valence-corrected chi connectivity index (χ2v) is 33.9. The number of allylic oxidation sites excluding steroid dienone is 4. The number of nitrogens with one attached hydrogen (secondary N) is 5. The van der Waals surface area contributed by atoms with Crippen LogP contribution in [-0.4, -0.2) is 145 Å². The summed E-state index contributed by atoms with van der Waals surface area (Å²) in [6.45, 7) is 32.3. The molecule has 0 radical (unpaired) electrons. The van der Waals surface area contributed by atoms with Crippen molar-refractivity contribution in [3.05, 3.63) is 398 Å². The summed E-state index contributed by atoms with van der Waals surface area (Å²) in [6, 6.07) is 58.7. The number of ketones is 1. The Morgan fingerprint density at radius 3 is 1.49 bits per heavy atom. The summed E-state index contributed by atoms with van der Waals surface area (Å²) >= 11 is 0. The van der Waals surface area contributed by atoms with Gasteiger partial charge in [-0.2, -0.15) is 29.9 Å². The fraction of sp³-hybridized carbons (Fsp3) is 0.224. The minimum Gasteiger partial charge on any atom is -0.476 e. The molecule has 0 fully saturated rings. The first-order valence-corrected chi connectivity index (χ1v) is 45.1. The smallest absolute Gasteiger partial charge is 0.347 e. The SMILES string of the molecule is C.C=C(Cc1ccn(C)c(=O)n1)c1ccccc1.C=C(Cc1ncnc2c1ncn2C)c1ccccc1.C=C(Oc1ccc(COc2nc(NC(=O)Cc3ccccc3)nc3c2ncn3C)cc1)C(C)(C)C.C=C1NC(=O)N(C)C=C1C.C=C1NC=Nc2c1ncn2C.CCCOc1nc(NC(=O)Cc2ccccc2)nc2c1ncn2C.Cc1cn(C)c(=O)nc1CC(=O)c1ccccc1.Cn1ccc(=O)[nH]c1=O. The van der Waals surface area contributed by atoms with Crippen LogP contribution in [0.2, 0.25) is 0 Å². The summed E-state index contributed by atoms with van der Waals surface area (Å²) in [5.74, 6) is 2.92. The molecule has 0 spiro atoms. The van der Waals surface area contributed by atoms with Gasteiger partial charge in [0.2, 0.25) is 35.5 Å². The zero-order valence-electron chi connectivity index (χ0n) is 82.2. The first-order chi connectivity index (χ1) is 68.4. The molecule has 5 N–H and O–H groups in total. The molecular weight excluding hydrogens is 1830 g/mol. The largest absolute Gasteiger partial charge is 0.476 e. The lowest BCUT2D eigenvalue weighted by Crippen LogP contribution is -2.37. The average molecular weight is 1940 g/mol. The van der Waals surface area contributed by atoms with Crippen LogP contribution in [0.3, 0.4) is 0 Å². The van der Waals surface area contributed by atoms with Gasteiger partial charge in [-0.1, -0.05) is 232 Å². The lowest BCUT2D eigenvalue weighted by atomic mass is 9.95. The minimum absolute atomic E-state index is 0. The minimum atomic E-state index is -0.387. The highest BCUT2D eigenvalue weighted by molar-refractivity contribution is 5.97. The van der Waals surface area contributed by atoms with Crippen molar-refractivity contribution in [2.45, 2.75) is 94.1 Å². The van der Waals surface area contributed by atoms with E-state index in [9.17, 15) is 38.4 Å². The summed E-state index contributed by atoms with van der Waals surface area (Å²) in [5, 5.41) is 11.0. The fourth-order valence-electron chi connectivity index (χ4n) is 13.2. The van der Waals surface area contributed by atoms with Crippen LogP contribution in [0.4, 0.5) is 22.5 Å². The molecule has 16 aromatic rings. The number of ether oxygens (including phenoxy) is 3. The van der Waals surface area contributed by atoms with Crippen LogP contribution >= 0.6 is 0 Å². The van der Waals surface area contributed by atoms with Gasteiger partial charge in [0.15, 0.2) is 39.6 Å². The number of aryl methyl sites for hydroxylation is 8. The van der Waals surface area contributed by atoms with E-state index in [0.717, 1.165) is 96.3 Å². The zero-order chi connectivity index (χ0) is 103. The molecule has 0 aliphatic carbocycles. The number of hydrogen-bond donors (Lipinski definition) is 5. The number of amides is 4. The molecule has 37 nitrogen and oxygen atoms in total. The molecule has 0 atom stereocenters. The number of fused-ring (bicyclic) bond motifs is 4. The van der Waals surface area contributed by atoms with Gasteiger partial charge in [-0.25, -0.2) is 54.1 Å². The van der Waals surface area contributed by atoms with Crippen LogP contribution in [0.1, 0.15) is 115 Å². The van der Waals surface area contributed by atoms with E-state index in [1.165, 1.54) is 30.9 Å². The summed E-state index contributed by atoms with van der Waals surface area (Å²) in [7, 11) is 14.1. The Morgan fingerprint density at radius 2 is 0.972 bits per heavy atom. The number of carbonyl (C=O) groups excluding carboxylic acids is 4. The number of aliphatic imine (C=N–C) groups is 1. The van der Waals surface area contributed by atoms with E-state index in [1.807, 2.05) is 216 Å². The van der Waals surface area contributed by atoms with E-state index in [0.29, 0.717) is 82.0 Å². The van der Waals surface area contributed by atoms with Crippen molar-refractivity contribution in [2.75, 3.05) is 24.3 Å². The average Bonchev–Trinajstić information content (AvgIpc) is 1.67. The van der Waals surface area contributed by atoms with Crippen LogP contribution in [0.5, 0.6) is 17.5 Å². The maximum atomic E-state index is 12.5. The molecular formula is C107H118N26O11. The maximum Gasteiger partial charge on any atom is 0.347 e. The van der Waals surface area contributed by atoms with Crippen molar-refractivity contribution in [1.82, 2.24) is 112 Å². The first kappa shape index (κ1) is 108. The fourth-order valence-corrected chi connectivity index (χ4v) is 13.2. The topological polar surface area (TPSA) is 433 Å². The summed E-state index contributed by atoms with van der Waals surface area (Å²) in [4.78, 5) is 150. The number of rotatable bonds is 23. The van der Waals surface area contributed by atoms with Gasteiger partial charge < -0.3 is 61.7 Å². The number of benzene rings is 6. The van der Waals surface area contributed by atoms with E-state index in [1.54, 1.807) is 106 Å². The van der Waals surface area contributed by atoms with Gasteiger partial charge in [0, 0.05) is 117 Å². The highest BCUT2D eigenvalue weighted by Gasteiger charge is 2.23. The van der Waals surface area contributed by atoms with Crippen molar-refractivity contribution in [2.24, 2.45) is 59.7 Å². The molecule has 144 heavy (non-hydrogen) atoms. The van der Waals surface area contributed by atoms with Crippen molar-refractivity contribution in [3.8, 4) is 17.5 Å². The number of aromatic nitrogens is 20. The van der Waals surface area contributed by atoms with Gasteiger partial charge in [-0.05, 0) is 88.6 Å². The lowest BCUT2D eigenvalue weighted by molar-refractivity contribution is -0.116. The van der Waals surface area contributed by atoms with Crippen molar-refractivity contribution >= 4 is 98.0 Å². The highest BCUT2D eigenvalue weighted by atomic mass is 16.5. The van der Waals surface area contributed by atoms with Crippen LogP contribution < -0.4 is 58.1 Å². The Labute approximate surface area is 832 Å². The standard InChI is InChI=1S/C27H29N5O3.C17H19N5O2.C15H14N4.C14H14N2O2.C14H14N2O.C7H8N4.C7H10N2O.C5H6N2O2.CH4/c1-18(27(2,3)4)35-21-13-11-20(12-14-21)16-34-25-23-24(32(5)17-28-23)30-26(31-25)29-22(33)15-19-9-7-6-8-10-19;1-3-9-24-16-14-15(22(2)11-18-14)20-17(21-16)19-13(23)10-12-7-5-4-6-8-12;1-11(12-6-4-3-5-7-12)8-13-14-15(17-9-16-13)19(2)10-18-14;1-10-9-16(2)14(18)15-12(10)8-13(17)11-6-4-3-5-7-11;1-11(12-6-4-3-5-7-12)10-13-8-9-16(2)14(17)15-13;1-5-6-7(9-3-8-5)11(2)4-10-6;1-5-4-9(3)7(10)8-6(5)2;1-7-3-2-4(8)6-5(7)9;/h6-14,17H,1,15-16H2,2-5H3,(H,29,30,31,33);4-8,11H,3,9-10H2,1-2H3,(H,19,20,21,23);3-7,9-10H,1,8H2,2H3;3-7,9H,8H2,1-2H3;3-9H,1,10H2,2H3;3-4H,1H2,2H3,(H,8,9);4H,2H2,1,3H3,(H,8,10);2-3H,1H3,(H,6,8,9);1H4. The van der Waals surface area contributed by atoms with E-state index in [4.69, 9.17) is 14.2 Å². The molecule has 2 aliphatic heterocycles. The monoisotopic (exact) mass is 1940 g/mol. The van der Waals surface area contributed by atoms with E-state index < -0.39 is 0 Å². The Kier molecular flexibility index (Phi) is 38.5. The summed E-state index contributed by atoms with van der Waals surface area (Å²) in [6.07, 6.45) is 19.3. The third-order valence-electron chi connectivity index (χ3n) is 21.4. The Balaban J connectivity index is 0.000000175. The van der Waals surface area contributed by atoms with Gasteiger partial charge >= 0.3 is 23.1 Å². The molecule has 0 saturated carbocycles. The van der Waals surface area contributed by atoms with Gasteiger partial charge in [0.05, 0.1) is 80.3 Å². The normalized spacial score (nSPS) is 11.4. The molecule has 0 saturated heterocycles. The number of hydrogen-bond acceptors (Lipinski definition) is 25. The van der Waals surface area contributed by atoms with Gasteiger partial charge in [0.1, 0.15) is 35.7 Å². The van der Waals surface area contributed by atoms with Crippen molar-refractivity contribution < 1.29 is 33.4 Å². The molecule has 4 amide bonds. The molecule has 2 aliphatic rings. The zero-order valence-corrected chi connectivity index (χ0v) is 82.2. The van der Waals surface area contributed by atoms with Crippen LogP contribution in [0.25, 0.3) is 50.3 Å². The van der Waals surface area contributed by atoms with Crippen LogP contribution in [0, 0.1) is 12.3 Å². The third-order valence-corrected chi connectivity index (χ3v) is 21.4. The van der Waals surface area contributed by atoms with E-state index in [2.05, 4.69) is 157 Å². The predicted octanol–water partition coefficient (Wildman–Crippen LogP) is 15.0. The predicted molar refractivity (Wildman–Crippen MR) is 561 cm³/mol. The number of H-pyrrole nitrogens is 1. The number of aromatic amines is 1. The Morgan fingerprint density at radius 1 is 0.472 bits per heavy atom. The number of imidazole rings is 4. The first-order valence-electron chi connectivity index (χ1n) is 45.1. The molecule has 12 heterocycles. The van der Waals surface area contributed by atoms with Crippen molar-refractivity contribution in [3.63, 3.8) is 0 Å². The van der Waals surface area contributed by atoms with Gasteiger partial charge in [-0.3, -0.25) is 34.8 Å². The molecule has 742 valence electrons. The van der Waals surface area contributed by atoms with E-state index >= 15 is 0 Å². The Hall–Kier alpha value is -18.2. The summed E-state index contributed by atoms with van der Waals surface area (Å²) in [5.41, 5.74) is 16.5. The number of carbonyl (C=O) groups is 4. The maximum absolute atomic E-state index is 12.5. The van der Waals surface area contributed by atoms with Gasteiger partial charge in [0.25, 0.3) is 5.56 Å². The quantitative estimate of drug-likeness (QED) is 0.0293. The number of anilines is 2. The molecule has 37 heteroatoms. The molecule has 10 aromatic heterocycles. The summed E-state index contributed by atoms with van der Waals surface area (Å²) < 4.78 is 28.9. The second-order valence-electron chi connectivity index (χ2n) is 33.9. The van der Waals surface area contributed by atoms with Crippen molar-refractivity contribution in [1.29, 1.82) is 0 Å². The van der Waals surface area contributed by atoms with Crippen LogP contribution in [0.15, 0.2) is 319 Å². The second kappa shape index (κ2) is 51.5.